The molecule has 0 fully saturated rings. The number of H-pyrrole nitrogens is 1. The SMILES string of the molecule is CC[C@@H]1C[N+]2=C(C[C@@H]1/C(C)=C\O)c1[nH]c3cccc(OC)c3c1CC2. The van der Waals surface area contributed by atoms with Crippen molar-refractivity contribution in [3.8, 4) is 5.75 Å². The van der Waals surface area contributed by atoms with E-state index in [-0.39, 0.29) is 0 Å². The predicted octanol–water partition coefficient (Wildman–Crippen LogP) is 4.04. The number of aromatic nitrogens is 1. The number of aliphatic hydroxyl groups excluding tert-OH is 1. The smallest absolute Gasteiger partial charge is 0.200 e. The molecular formula is C21H27N2O2+. The topological polar surface area (TPSA) is 48.3 Å². The molecule has 1 aromatic heterocycles. The lowest BCUT2D eigenvalue weighted by Crippen LogP contribution is -2.42. The fraction of sp³-hybridized carbons (Fsp3) is 0.476. The average Bonchev–Trinajstić information content (AvgIpc) is 3.05. The second-order valence-corrected chi connectivity index (χ2v) is 7.36. The fourth-order valence-electron chi connectivity index (χ4n) is 4.75. The molecule has 2 aliphatic heterocycles. The molecule has 0 radical (unpaired) electrons. The zero-order chi connectivity index (χ0) is 17.6. The first kappa shape index (κ1) is 16.2. The Morgan fingerprint density at radius 2 is 2.28 bits per heavy atom. The van der Waals surface area contributed by atoms with E-state index in [1.54, 1.807) is 7.11 Å². The molecule has 0 unspecified atom stereocenters. The Hall–Kier alpha value is -2.23. The van der Waals surface area contributed by atoms with Crippen molar-refractivity contribution in [2.24, 2.45) is 11.8 Å². The lowest BCUT2D eigenvalue weighted by Gasteiger charge is -2.32. The maximum Gasteiger partial charge on any atom is 0.200 e. The van der Waals surface area contributed by atoms with Gasteiger partial charge in [0.1, 0.15) is 24.5 Å². The molecule has 2 aromatic rings. The molecule has 0 amide bonds. The van der Waals surface area contributed by atoms with Crippen molar-refractivity contribution in [1.82, 2.24) is 4.98 Å². The quantitative estimate of drug-likeness (QED) is 0.655. The van der Waals surface area contributed by atoms with Crippen molar-refractivity contribution in [3.63, 3.8) is 0 Å². The Morgan fingerprint density at radius 3 is 3.00 bits per heavy atom. The van der Waals surface area contributed by atoms with Gasteiger partial charge in [-0.2, -0.15) is 0 Å². The Labute approximate surface area is 148 Å². The molecule has 4 nitrogen and oxygen atoms in total. The molecule has 3 heterocycles. The van der Waals surface area contributed by atoms with Gasteiger partial charge < -0.3 is 14.8 Å². The third-order valence-corrected chi connectivity index (χ3v) is 6.16. The van der Waals surface area contributed by atoms with E-state index in [0.717, 1.165) is 49.2 Å². The predicted molar refractivity (Wildman–Crippen MR) is 101 cm³/mol. The van der Waals surface area contributed by atoms with Gasteiger partial charge in [0, 0.05) is 35.6 Å². The second kappa shape index (κ2) is 6.25. The summed E-state index contributed by atoms with van der Waals surface area (Å²) >= 11 is 0. The summed E-state index contributed by atoms with van der Waals surface area (Å²) in [7, 11) is 1.74. The minimum atomic E-state index is 0.417. The van der Waals surface area contributed by atoms with E-state index in [9.17, 15) is 5.11 Å². The largest absolute Gasteiger partial charge is 0.516 e. The van der Waals surface area contributed by atoms with Crippen LogP contribution in [-0.2, 0) is 6.42 Å². The standard InChI is InChI=1S/C21H26N2O2/c1-4-14-11-23-9-8-15-20-17(6-5-7-19(20)25-3)22-21(15)18(23)10-16(14)13(2)12-24/h5-7,12,14,16,24H,4,8-11H2,1-3H3/p+1/b13-12-/t14-,16-/m1/s1. The van der Waals surface area contributed by atoms with Crippen LogP contribution in [0.5, 0.6) is 5.75 Å². The van der Waals surface area contributed by atoms with Crippen LogP contribution in [0.3, 0.4) is 0 Å². The minimum Gasteiger partial charge on any atom is -0.516 e. The van der Waals surface area contributed by atoms with Crippen LogP contribution >= 0.6 is 0 Å². The van der Waals surface area contributed by atoms with Gasteiger partial charge in [0.15, 0.2) is 0 Å². The van der Waals surface area contributed by atoms with E-state index in [0.29, 0.717) is 11.8 Å². The van der Waals surface area contributed by atoms with Gasteiger partial charge in [-0.3, -0.25) is 0 Å². The van der Waals surface area contributed by atoms with Crippen LogP contribution < -0.4 is 4.74 Å². The summed E-state index contributed by atoms with van der Waals surface area (Å²) in [6.45, 7) is 6.46. The molecule has 132 valence electrons. The molecule has 25 heavy (non-hydrogen) atoms. The molecule has 4 rings (SSSR count). The minimum absolute atomic E-state index is 0.417. The number of hydrogen-bond donors (Lipinski definition) is 2. The number of nitrogens with zero attached hydrogens (tertiary/aromatic N) is 1. The highest BCUT2D eigenvalue weighted by Gasteiger charge is 2.40. The summed E-state index contributed by atoms with van der Waals surface area (Å²) in [6, 6.07) is 6.22. The molecule has 0 saturated heterocycles. The number of aliphatic hydroxyl groups is 1. The van der Waals surface area contributed by atoms with Crippen LogP contribution in [-0.4, -0.2) is 40.6 Å². The van der Waals surface area contributed by atoms with Gasteiger partial charge in [0.2, 0.25) is 5.71 Å². The molecule has 0 bridgehead atoms. The van der Waals surface area contributed by atoms with Gasteiger partial charge in [-0.15, -0.1) is 0 Å². The number of ether oxygens (including phenoxy) is 1. The van der Waals surface area contributed by atoms with E-state index in [2.05, 4.69) is 29.5 Å². The van der Waals surface area contributed by atoms with Gasteiger partial charge in [-0.1, -0.05) is 13.0 Å². The first-order valence-electron chi connectivity index (χ1n) is 9.27. The van der Waals surface area contributed by atoms with Crippen LogP contribution in [0.4, 0.5) is 0 Å². The number of rotatable bonds is 3. The number of benzene rings is 1. The highest BCUT2D eigenvalue weighted by atomic mass is 16.5. The molecule has 2 aliphatic rings. The van der Waals surface area contributed by atoms with Crippen molar-refractivity contribution in [2.45, 2.75) is 33.1 Å². The third-order valence-electron chi connectivity index (χ3n) is 6.16. The van der Waals surface area contributed by atoms with Gasteiger partial charge in [-0.05, 0) is 31.1 Å². The number of aromatic amines is 1. The van der Waals surface area contributed by atoms with Crippen molar-refractivity contribution in [3.05, 3.63) is 41.3 Å². The summed E-state index contributed by atoms with van der Waals surface area (Å²) in [6.07, 6.45) is 4.49. The van der Waals surface area contributed by atoms with Crippen LogP contribution in [0, 0.1) is 11.8 Å². The summed E-state index contributed by atoms with van der Waals surface area (Å²) in [5, 5.41) is 10.8. The summed E-state index contributed by atoms with van der Waals surface area (Å²) in [5.74, 6) is 1.97. The van der Waals surface area contributed by atoms with Gasteiger partial charge >= 0.3 is 0 Å². The van der Waals surface area contributed by atoms with Gasteiger partial charge in [0.25, 0.3) is 0 Å². The zero-order valence-corrected chi connectivity index (χ0v) is 15.3. The Kier molecular flexibility index (Phi) is 4.06. The summed E-state index contributed by atoms with van der Waals surface area (Å²) in [5.41, 5.74) is 6.31. The molecule has 2 atom stereocenters. The van der Waals surface area contributed by atoms with E-state index >= 15 is 0 Å². The molecular weight excluding hydrogens is 312 g/mol. The van der Waals surface area contributed by atoms with Crippen molar-refractivity contribution >= 4 is 16.6 Å². The normalized spacial score (nSPS) is 23.6. The van der Waals surface area contributed by atoms with Gasteiger partial charge in [-0.25, -0.2) is 4.58 Å². The molecule has 4 heteroatoms. The monoisotopic (exact) mass is 339 g/mol. The van der Waals surface area contributed by atoms with Crippen LogP contribution in [0.1, 0.15) is 37.9 Å². The zero-order valence-electron chi connectivity index (χ0n) is 15.3. The number of hydrogen-bond acceptors (Lipinski definition) is 2. The molecule has 2 N–H and O–H groups in total. The maximum atomic E-state index is 9.57. The van der Waals surface area contributed by atoms with Crippen molar-refractivity contribution in [1.29, 1.82) is 0 Å². The third kappa shape index (κ3) is 2.46. The highest BCUT2D eigenvalue weighted by Crippen LogP contribution is 2.38. The van der Waals surface area contributed by atoms with Crippen molar-refractivity contribution in [2.75, 3.05) is 20.2 Å². The number of methoxy groups -OCH3 is 1. The Balaban J connectivity index is 1.85. The molecule has 0 saturated carbocycles. The first-order chi connectivity index (χ1) is 12.2. The number of nitrogens with one attached hydrogen (secondary N) is 1. The Morgan fingerprint density at radius 1 is 1.44 bits per heavy atom. The average molecular weight is 339 g/mol. The molecule has 0 aliphatic carbocycles. The van der Waals surface area contributed by atoms with E-state index in [1.807, 2.05) is 12.1 Å². The maximum absolute atomic E-state index is 9.57. The van der Waals surface area contributed by atoms with Crippen molar-refractivity contribution < 1.29 is 14.4 Å². The van der Waals surface area contributed by atoms with Crippen LogP contribution in [0.25, 0.3) is 10.9 Å². The first-order valence-corrected chi connectivity index (χ1v) is 9.27. The van der Waals surface area contributed by atoms with E-state index in [4.69, 9.17) is 4.74 Å². The lowest BCUT2D eigenvalue weighted by molar-refractivity contribution is -0.543. The van der Waals surface area contributed by atoms with E-state index in [1.165, 1.54) is 28.6 Å². The van der Waals surface area contributed by atoms with Crippen LogP contribution in [0.15, 0.2) is 30.0 Å². The summed E-state index contributed by atoms with van der Waals surface area (Å²) < 4.78 is 8.17. The number of allylic oxidation sites excluding steroid dienone is 1. The molecule has 0 spiro atoms. The second-order valence-electron chi connectivity index (χ2n) is 7.36. The molecule has 1 aromatic carbocycles. The fourth-order valence-corrected chi connectivity index (χ4v) is 4.75. The number of fused-ring (bicyclic) bond motifs is 4. The Bertz CT molecular complexity index is 875. The highest BCUT2D eigenvalue weighted by molar-refractivity contribution is 6.05. The summed E-state index contributed by atoms with van der Waals surface area (Å²) in [4.78, 5) is 3.66. The van der Waals surface area contributed by atoms with Gasteiger partial charge in [0.05, 0.1) is 18.9 Å². The van der Waals surface area contributed by atoms with E-state index < -0.39 is 0 Å². The van der Waals surface area contributed by atoms with Crippen LogP contribution in [0.2, 0.25) is 0 Å². The lowest BCUT2D eigenvalue weighted by atomic mass is 9.77.